The predicted octanol–water partition coefficient (Wildman–Crippen LogP) is 4.80. The second-order valence-corrected chi connectivity index (χ2v) is 12.7. The number of rotatable bonds is 5. The van der Waals surface area contributed by atoms with Crippen molar-refractivity contribution in [3.05, 3.63) is 52.8 Å². The van der Waals surface area contributed by atoms with Crippen molar-refractivity contribution in [2.45, 2.75) is 70.1 Å². The molecule has 2 aliphatic heterocycles. The van der Waals surface area contributed by atoms with E-state index in [0.29, 0.717) is 28.5 Å². The van der Waals surface area contributed by atoms with Crippen LogP contribution in [0.3, 0.4) is 0 Å². The molecule has 2 radical (unpaired) electrons. The van der Waals surface area contributed by atoms with Crippen molar-refractivity contribution in [2.24, 2.45) is 5.16 Å². The number of hydrogen-bond donors (Lipinski definition) is 2. The van der Waals surface area contributed by atoms with Gasteiger partial charge >= 0.3 is 0 Å². The lowest BCUT2D eigenvalue weighted by Gasteiger charge is -2.43. The van der Waals surface area contributed by atoms with Crippen LogP contribution in [0.2, 0.25) is 5.04 Å². The van der Waals surface area contributed by atoms with E-state index in [2.05, 4.69) is 55.7 Å². The van der Waals surface area contributed by atoms with Crippen LogP contribution in [0, 0.1) is 0 Å². The highest BCUT2D eigenvalue weighted by Gasteiger charge is 2.39. The first-order chi connectivity index (χ1) is 16.0. The zero-order valence-corrected chi connectivity index (χ0v) is 21.9. The Morgan fingerprint density at radius 2 is 1.94 bits per heavy atom. The molecule has 2 aliphatic rings. The number of nitrogens with zero attached hydrogens (tertiary/aromatic N) is 3. The number of aromatic nitrogens is 1. The Balaban J connectivity index is 1.60. The Morgan fingerprint density at radius 3 is 2.62 bits per heavy atom. The average molecular weight is 482 g/mol. The van der Waals surface area contributed by atoms with Gasteiger partial charge in [0.1, 0.15) is 0 Å². The number of ether oxygens (including phenoxy) is 1. The second kappa shape index (κ2) is 9.32. The van der Waals surface area contributed by atoms with Gasteiger partial charge in [-0.1, -0.05) is 25.9 Å². The van der Waals surface area contributed by atoms with Crippen molar-refractivity contribution in [1.29, 1.82) is 0 Å². The smallest absolute Gasteiger partial charge is 0.236 e. The van der Waals surface area contributed by atoms with Crippen LogP contribution in [0.15, 0.2) is 35.6 Å². The van der Waals surface area contributed by atoms with Crippen LogP contribution in [-0.2, 0) is 16.4 Å². The summed E-state index contributed by atoms with van der Waals surface area (Å²) in [6, 6.07) is 7.91. The summed E-state index contributed by atoms with van der Waals surface area (Å²) in [6.45, 7) is 12.3. The summed E-state index contributed by atoms with van der Waals surface area (Å²) in [4.78, 5) is 7.11. The molecule has 2 atom stereocenters. The Hall–Kier alpha value is -2.42. The van der Waals surface area contributed by atoms with Crippen molar-refractivity contribution in [3.8, 4) is 11.5 Å². The molecule has 0 spiro atoms. The number of aromatic hydroxyl groups is 1. The van der Waals surface area contributed by atoms with Crippen LogP contribution in [0.5, 0.6) is 11.5 Å². The highest BCUT2D eigenvalue weighted by molar-refractivity contribution is 6.31. The van der Waals surface area contributed by atoms with E-state index in [4.69, 9.17) is 9.16 Å². The summed E-state index contributed by atoms with van der Waals surface area (Å²) in [5.41, 5.74) is 4.49. The predicted molar refractivity (Wildman–Crippen MR) is 133 cm³/mol. The molecule has 1 fully saturated rings. The van der Waals surface area contributed by atoms with E-state index in [-0.39, 0.29) is 22.7 Å². The summed E-state index contributed by atoms with van der Waals surface area (Å²) >= 11 is 0. The Morgan fingerprint density at radius 1 is 1.18 bits per heavy atom. The van der Waals surface area contributed by atoms with Crippen molar-refractivity contribution in [2.75, 3.05) is 20.2 Å². The molecule has 0 saturated carbocycles. The third-order valence-electron chi connectivity index (χ3n) is 6.70. The van der Waals surface area contributed by atoms with Crippen LogP contribution in [0.4, 0.5) is 0 Å². The van der Waals surface area contributed by atoms with Crippen molar-refractivity contribution >= 4 is 15.5 Å². The first-order valence-corrected chi connectivity index (χ1v) is 12.7. The maximum Gasteiger partial charge on any atom is 0.236 e. The minimum atomic E-state index is -0.445. The number of piperidine rings is 1. The van der Waals surface area contributed by atoms with Crippen molar-refractivity contribution < 1.29 is 19.5 Å². The average Bonchev–Trinajstić information content (AvgIpc) is 2.81. The molecule has 0 bridgehead atoms. The molecule has 4 rings (SSSR count). The van der Waals surface area contributed by atoms with Gasteiger partial charge in [0.2, 0.25) is 9.76 Å². The molecule has 7 nitrogen and oxygen atoms in total. The highest BCUT2D eigenvalue weighted by Crippen LogP contribution is 2.43. The molecule has 2 N–H and O–H groups in total. The van der Waals surface area contributed by atoms with Gasteiger partial charge in [-0.25, -0.2) is 0 Å². The molecule has 34 heavy (non-hydrogen) atoms. The van der Waals surface area contributed by atoms with Crippen LogP contribution < -0.4 is 4.74 Å². The van der Waals surface area contributed by atoms with Crippen LogP contribution in [0.25, 0.3) is 0 Å². The largest absolute Gasteiger partial charge is 0.504 e. The van der Waals surface area contributed by atoms with Gasteiger partial charge in [-0.3, -0.25) is 9.88 Å². The topological polar surface area (TPSA) is 87.4 Å². The molecule has 1 saturated heterocycles. The fourth-order valence-electron chi connectivity index (χ4n) is 4.80. The zero-order chi connectivity index (χ0) is 24.7. The normalized spacial score (nSPS) is 22.4. The van der Waals surface area contributed by atoms with Gasteiger partial charge in [-0.15, -0.1) is 0 Å². The first-order valence-electron chi connectivity index (χ1n) is 11.8. The van der Waals surface area contributed by atoms with E-state index in [1.807, 2.05) is 18.3 Å². The summed E-state index contributed by atoms with van der Waals surface area (Å²) in [6.07, 6.45) is 3.28. The number of methoxy groups -OCH3 is 1. The van der Waals surface area contributed by atoms with Gasteiger partial charge in [0.25, 0.3) is 0 Å². The molecule has 0 amide bonds. The molecule has 1 aromatic carbocycles. The Kier molecular flexibility index (Phi) is 6.77. The van der Waals surface area contributed by atoms with E-state index >= 15 is 0 Å². The third-order valence-corrected chi connectivity index (χ3v) is 7.93. The number of fused-ring (bicyclic) bond motifs is 3. The first kappa shape index (κ1) is 24.7. The lowest BCUT2D eigenvalue weighted by molar-refractivity contribution is 0.109. The van der Waals surface area contributed by atoms with Crippen molar-refractivity contribution in [3.63, 3.8) is 0 Å². The fraction of sp³-hybridized carbons (Fsp3) is 0.538. The molecule has 0 unspecified atom stereocenters. The summed E-state index contributed by atoms with van der Waals surface area (Å²) in [7, 11) is 1.94. The standard InChI is InChI=1S/C26H35N3O4Si/c1-25(2,3)34-33-26(4,5)17-7-9-27-20(12-17)19-15-29-10-8-16-11-23(30)24(32-6)13-18(16)22(29)14-21(19)28-31/h7,9,11-13,19,22,30-31H,8,10,14-15H2,1-6H3/t19-,22+/m0/s1. The fourth-order valence-corrected chi connectivity index (χ4v) is 5.48. The summed E-state index contributed by atoms with van der Waals surface area (Å²) in [5, 5.41) is 24.0. The molecular formula is C26H35N3O4Si. The molecule has 0 aliphatic carbocycles. The quantitative estimate of drug-likeness (QED) is 0.362. The van der Waals surface area contributed by atoms with E-state index in [9.17, 15) is 10.3 Å². The van der Waals surface area contributed by atoms with Crippen LogP contribution in [0.1, 0.15) is 75.4 Å². The number of benzene rings is 1. The zero-order valence-electron chi connectivity index (χ0n) is 20.9. The van der Waals surface area contributed by atoms with Gasteiger partial charge in [-0.2, -0.15) is 0 Å². The number of hydrogen-bond acceptors (Lipinski definition) is 7. The van der Waals surface area contributed by atoms with Crippen LogP contribution in [-0.4, -0.2) is 55.9 Å². The third kappa shape index (κ3) is 4.99. The lowest BCUT2D eigenvalue weighted by atomic mass is 9.80. The maximum atomic E-state index is 10.2. The van der Waals surface area contributed by atoms with E-state index in [1.165, 1.54) is 0 Å². The van der Waals surface area contributed by atoms with Crippen LogP contribution >= 0.6 is 0 Å². The van der Waals surface area contributed by atoms with E-state index < -0.39 is 5.60 Å². The lowest BCUT2D eigenvalue weighted by Crippen LogP contribution is -2.45. The molecule has 182 valence electrons. The number of oxime groups is 1. The SMILES string of the molecule is COc1cc2c(cc1O)CCN1C[C@@H](c3cc(C(C)(C)O[Si]C(C)(C)C)ccn3)C(=NO)C[C@H]21. The van der Waals surface area contributed by atoms with Gasteiger partial charge in [0.05, 0.1) is 30.0 Å². The molecule has 1 aromatic heterocycles. The molecule has 8 heteroatoms. The van der Waals surface area contributed by atoms with E-state index in [0.717, 1.165) is 41.1 Å². The Labute approximate surface area is 204 Å². The van der Waals surface area contributed by atoms with Gasteiger partial charge in [-0.05, 0) is 66.3 Å². The van der Waals surface area contributed by atoms with Crippen molar-refractivity contribution in [1.82, 2.24) is 9.88 Å². The van der Waals surface area contributed by atoms with E-state index in [1.54, 1.807) is 13.2 Å². The van der Waals surface area contributed by atoms with Gasteiger partial charge in [0, 0.05) is 31.7 Å². The molecular weight excluding hydrogens is 446 g/mol. The second-order valence-electron chi connectivity index (χ2n) is 10.8. The number of phenols is 1. The monoisotopic (exact) mass is 481 g/mol. The minimum Gasteiger partial charge on any atom is -0.504 e. The minimum absolute atomic E-state index is 0.0799. The maximum absolute atomic E-state index is 10.2. The number of pyridine rings is 1. The summed E-state index contributed by atoms with van der Waals surface area (Å²) < 4.78 is 11.7. The highest BCUT2D eigenvalue weighted by atomic mass is 28.2. The van der Waals surface area contributed by atoms with Gasteiger partial charge < -0.3 is 19.5 Å². The molecule has 3 heterocycles. The summed E-state index contributed by atoms with van der Waals surface area (Å²) in [5.74, 6) is 0.540. The van der Waals surface area contributed by atoms with Gasteiger partial charge in [0.15, 0.2) is 11.5 Å². The molecule has 2 aromatic rings. The Bertz CT molecular complexity index is 1080. The number of phenolic OH excluding ortho intramolecular Hbond substituents is 1.